The third-order valence-corrected chi connectivity index (χ3v) is 5.65. The summed E-state index contributed by atoms with van der Waals surface area (Å²) in [5.74, 6) is -0.336. The summed E-state index contributed by atoms with van der Waals surface area (Å²) < 4.78 is 6.21. The molecule has 2 aliphatic heterocycles. The molecule has 0 aromatic heterocycles. The molecule has 2 atom stereocenters. The van der Waals surface area contributed by atoms with Gasteiger partial charge in [-0.3, -0.25) is 9.69 Å². The number of fused-ring (bicyclic) bond motifs is 1. The first-order valence-electron chi connectivity index (χ1n) is 8.10. The van der Waals surface area contributed by atoms with Crippen LogP contribution in [0, 0.1) is 0 Å². The second-order valence-electron chi connectivity index (χ2n) is 6.52. The van der Waals surface area contributed by atoms with Gasteiger partial charge in [0.2, 0.25) is 0 Å². The van der Waals surface area contributed by atoms with Crippen LogP contribution >= 0.6 is 23.2 Å². The molecule has 0 radical (unpaired) electrons. The molecule has 0 unspecified atom stereocenters. The van der Waals surface area contributed by atoms with E-state index in [0.29, 0.717) is 10.0 Å². The lowest BCUT2D eigenvalue weighted by atomic mass is 9.71. The average molecular weight is 391 g/mol. The maximum Gasteiger partial charge on any atom is 0.326 e. The maximum absolute atomic E-state index is 12.5. The third kappa shape index (κ3) is 2.28. The summed E-state index contributed by atoms with van der Waals surface area (Å²) in [5, 5.41) is 1.19. The number of rotatable bonds is 2. The topological polar surface area (TPSA) is 49.9 Å². The summed E-state index contributed by atoms with van der Waals surface area (Å²) in [6.45, 7) is 0. The van der Waals surface area contributed by atoms with E-state index in [1.807, 2.05) is 24.3 Å². The Labute approximate surface area is 161 Å². The molecule has 0 bridgehead atoms. The number of carbonyl (C=O) groups excluding carboxylic acids is 2. The molecule has 0 N–H and O–H groups in total. The number of imide groups is 1. The molecule has 2 saturated heterocycles. The lowest BCUT2D eigenvalue weighted by Crippen LogP contribution is -2.77. The molecule has 0 saturated carbocycles. The molecule has 0 aliphatic carbocycles. The fourth-order valence-electron chi connectivity index (χ4n) is 3.82. The van der Waals surface area contributed by atoms with Crippen LogP contribution in [0.25, 0.3) is 0 Å². The predicted octanol–water partition coefficient (Wildman–Crippen LogP) is 3.53. The van der Waals surface area contributed by atoms with E-state index < -0.39 is 17.7 Å². The number of hydrogen-bond donors (Lipinski definition) is 0. The molecular formula is C19H16Cl2N2O3. The normalized spacial score (nSPS) is 24.3. The van der Waals surface area contributed by atoms with Gasteiger partial charge >= 0.3 is 6.03 Å². The van der Waals surface area contributed by atoms with Crippen molar-refractivity contribution in [3.63, 3.8) is 0 Å². The number of urea groups is 1. The quantitative estimate of drug-likeness (QED) is 0.787. The summed E-state index contributed by atoms with van der Waals surface area (Å²) >= 11 is 12.1. The first-order chi connectivity index (χ1) is 12.4. The molecule has 5 nitrogen and oxygen atoms in total. The molecule has 4 rings (SSSR count). The first-order valence-corrected chi connectivity index (χ1v) is 8.86. The van der Waals surface area contributed by atoms with E-state index in [0.717, 1.165) is 16.0 Å². The Kier molecular flexibility index (Phi) is 3.99. The van der Waals surface area contributed by atoms with Crippen LogP contribution in [0.4, 0.5) is 4.79 Å². The molecule has 2 aliphatic rings. The third-order valence-electron chi connectivity index (χ3n) is 5.14. The van der Waals surface area contributed by atoms with Crippen LogP contribution in [-0.2, 0) is 15.1 Å². The van der Waals surface area contributed by atoms with Crippen LogP contribution in [0.15, 0.2) is 48.5 Å². The Morgan fingerprint density at radius 1 is 0.885 bits per heavy atom. The Hall–Kier alpha value is -2.08. The van der Waals surface area contributed by atoms with Gasteiger partial charge in [-0.2, -0.15) is 0 Å². The molecule has 26 heavy (non-hydrogen) atoms. The second-order valence-corrected chi connectivity index (χ2v) is 7.40. The summed E-state index contributed by atoms with van der Waals surface area (Å²) in [6.07, 6.45) is -0.714. The van der Waals surface area contributed by atoms with Crippen molar-refractivity contribution in [2.75, 3.05) is 14.1 Å². The molecule has 3 amide bonds. The minimum absolute atomic E-state index is 0.336. The van der Waals surface area contributed by atoms with Crippen molar-refractivity contribution in [1.82, 2.24) is 9.80 Å². The Morgan fingerprint density at radius 2 is 1.35 bits per heavy atom. The van der Waals surface area contributed by atoms with Crippen LogP contribution < -0.4 is 0 Å². The fraction of sp³-hybridized carbons (Fsp3) is 0.263. The number of amides is 3. The maximum atomic E-state index is 12.5. The van der Waals surface area contributed by atoms with Crippen molar-refractivity contribution >= 4 is 35.1 Å². The average Bonchev–Trinajstić information content (AvgIpc) is 2.61. The van der Waals surface area contributed by atoms with Crippen molar-refractivity contribution in [3.05, 3.63) is 69.7 Å². The number of carbonyl (C=O) groups is 2. The molecule has 7 heteroatoms. The van der Waals surface area contributed by atoms with Gasteiger partial charge in [0.05, 0.1) is 0 Å². The van der Waals surface area contributed by atoms with Crippen molar-refractivity contribution < 1.29 is 14.3 Å². The van der Waals surface area contributed by atoms with E-state index in [9.17, 15) is 9.59 Å². The second kappa shape index (κ2) is 5.98. The number of halogens is 2. The summed E-state index contributed by atoms with van der Waals surface area (Å²) in [6, 6.07) is 13.7. The van der Waals surface area contributed by atoms with Gasteiger partial charge in [0.25, 0.3) is 5.91 Å². The van der Waals surface area contributed by atoms with E-state index >= 15 is 0 Å². The van der Waals surface area contributed by atoms with Crippen LogP contribution in [0.5, 0.6) is 0 Å². The van der Waals surface area contributed by atoms with E-state index in [-0.39, 0.29) is 11.9 Å². The number of likely N-dealkylation sites (N-methyl/N-ethyl adjacent to an activating group) is 2. The lowest BCUT2D eigenvalue weighted by Gasteiger charge is -2.60. The van der Waals surface area contributed by atoms with Gasteiger partial charge in [-0.25, -0.2) is 4.79 Å². The molecule has 2 fully saturated rings. The van der Waals surface area contributed by atoms with Gasteiger partial charge in [-0.05, 0) is 35.4 Å². The monoisotopic (exact) mass is 390 g/mol. The lowest BCUT2D eigenvalue weighted by molar-refractivity contribution is -0.247. The van der Waals surface area contributed by atoms with Crippen LogP contribution in [0.1, 0.15) is 11.1 Å². The van der Waals surface area contributed by atoms with E-state index in [1.165, 1.54) is 7.05 Å². The van der Waals surface area contributed by atoms with Crippen LogP contribution in [0.2, 0.25) is 10.0 Å². The van der Waals surface area contributed by atoms with Crippen LogP contribution in [-0.4, -0.2) is 48.0 Å². The summed E-state index contributed by atoms with van der Waals surface area (Å²) in [5.41, 5.74) is 0.686. The van der Waals surface area contributed by atoms with E-state index in [2.05, 4.69) is 0 Å². The SMILES string of the molecule is CN1C(=O)[C@@H]2OC(c3ccc(Cl)cc3)(c3ccc(Cl)cc3)[C@@H]2N(C)C1=O. The zero-order chi connectivity index (χ0) is 18.6. The van der Waals surface area contributed by atoms with Crippen LogP contribution in [0.3, 0.4) is 0 Å². The summed E-state index contributed by atoms with van der Waals surface area (Å²) in [7, 11) is 3.15. The molecule has 2 aromatic rings. The van der Waals surface area contributed by atoms with Gasteiger partial charge in [0, 0.05) is 24.1 Å². The van der Waals surface area contributed by atoms with Crippen molar-refractivity contribution in [1.29, 1.82) is 0 Å². The highest BCUT2D eigenvalue weighted by atomic mass is 35.5. The van der Waals surface area contributed by atoms with Crippen molar-refractivity contribution in [2.24, 2.45) is 0 Å². The van der Waals surface area contributed by atoms with E-state index in [4.69, 9.17) is 27.9 Å². The van der Waals surface area contributed by atoms with Gasteiger partial charge in [0.15, 0.2) is 6.10 Å². The van der Waals surface area contributed by atoms with Gasteiger partial charge in [0.1, 0.15) is 11.6 Å². The molecule has 2 aromatic carbocycles. The fourth-order valence-corrected chi connectivity index (χ4v) is 4.07. The molecule has 2 heterocycles. The number of hydrogen-bond acceptors (Lipinski definition) is 3. The van der Waals surface area contributed by atoms with E-state index in [1.54, 1.807) is 36.2 Å². The molecular weight excluding hydrogens is 375 g/mol. The largest absolute Gasteiger partial charge is 0.348 e. The zero-order valence-corrected chi connectivity index (χ0v) is 15.7. The summed E-state index contributed by atoms with van der Waals surface area (Å²) in [4.78, 5) is 27.7. The number of nitrogens with zero attached hydrogens (tertiary/aromatic N) is 2. The highest BCUT2D eigenvalue weighted by molar-refractivity contribution is 6.30. The number of ether oxygens (including phenoxy) is 1. The first kappa shape index (κ1) is 17.3. The van der Waals surface area contributed by atoms with Crippen molar-refractivity contribution in [3.8, 4) is 0 Å². The minimum Gasteiger partial charge on any atom is -0.348 e. The van der Waals surface area contributed by atoms with Gasteiger partial charge in [-0.15, -0.1) is 0 Å². The Bertz CT molecular complexity index is 819. The molecule has 0 spiro atoms. The zero-order valence-electron chi connectivity index (χ0n) is 14.1. The highest BCUT2D eigenvalue weighted by Gasteiger charge is 2.66. The smallest absolute Gasteiger partial charge is 0.326 e. The van der Waals surface area contributed by atoms with Gasteiger partial charge < -0.3 is 9.64 Å². The van der Waals surface area contributed by atoms with Gasteiger partial charge in [-0.1, -0.05) is 47.5 Å². The minimum atomic E-state index is -0.957. The number of benzene rings is 2. The molecule has 134 valence electrons. The Balaban J connectivity index is 1.88. The standard InChI is InChI=1S/C19H16Cl2N2O3/c1-22-16-15(17(24)23(2)18(22)25)26-19(16,11-3-7-13(20)8-4-11)12-5-9-14(21)10-6-12/h3-10,15-16H,1-2H3/t15-,16-/m1/s1. The Morgan fingerprint density at radius 3 is 1.81 bits per heavy atom. The predicted molar refractivity (Wildman–Crippen MR) is 98.3 cm³/mol. The van der Waals surface area contributed by atoms with Crippen molar-refractivity contribution in [2.45, 2.75) is 17.7 Å². The highest BCUT2D eigenvalue weighted by Crippen LogP contribution is 2.51.